The first-order chi connectivity index (χ1) is 6.22. The van der Waals surface area contributed by atoms with Crippen LogP contribution in [0, 0.1) is 5.41 Å². The second-order valence-corrected chi connectivity index (χ2v) is 4.45. The Morgan fingerprint density at radius 1 is 1.23 bits per heavy atom. The van der Waals surface area contributed by atoms with Crippen LogP contribution in [0.2, 0.25) is 0 Å². The van der Waals surface area contributed by atoms with E-state index in [1.807, 2.05) is 0 Å². The average Bonchev–Trinajstić information content (AvgIpc) is 2.11. The normalized spacial score (nSPS) is 34.8. The molecule has 0 amide bonds. The summed E-state index contributed by atoms with van der Waals surface area (Å²) in [7, 11) is 0. The van der Waals surface area contributed by atoms with Gasteiger partial charge in [-0.1, -0.05) is 13.3 Å². The highest BCUT2D eigenvalue weighted by molar-refractivity contribution is 4.85. The topological polar surface area (TPSA) is 40.5 Å². The molecule has 2 heteroatoms. The molecule has 2 N–H and O–H groups in total. The van der Waals surface area contributed by atoms with E-state index >= 15 is 0 Å². The lowest BCUT2D eigenvalue weighted by Gasteiger charge is -2.38. The Hall–Kier alpha value is -0.0800. The molecular weight excluding hydrogens is 164 g/mol. The molecule has 1 fully saturated rings. The molecule has 0 bridgehead atoms. The van der Waals surface area contributed by atoms with E-state index in [1.54, 1.807) is 0 Å². The number of rotatable bonds is 4. The van der Waals surface area contributed by atoms with Crippen LogP contribution in [0.5, 0.6) is 0 Å². The standard InChI is InChI=1S/C11H22O2/c1-2-5-11(8-9-12)6-3-10(13)4-7-11/h10,12-13H,2-9H2,1H3. The molecule has 1 saturated carbocycles. The Bertz CT molecular complexity index is 129. The van der Waals surface area contributed by atoms with Gasteiger partial charge in [-0.15, -0.1) is 0 Å². The Balaban J connectivity index is 2.47. The van der Waals surface area contributed by atoms with Gasteiger partial charge in [-0.2, -0.15) is 0 Å². The largest absolute Gasteiger partial charge is 0.396 e. The van der Waals surface area contributed by atoms with Gasteiger partial charge in [0.2, 0.25) is 0 Å². The van der Waals surface area contributed by atoms with Crippen LogP contribution in [0.4, 0.5) is 0 Å². The Morgan fingerprint density at radius 3 is 2.31 bits per heavy atom. The molecule has 13 heavy (non-hydrogen) atoms. The van der Waals surface area contributed by atoms with Gasteiger partial charge in [0.1, 0.15) is 0 Å². The van der Waals surface area contributed by atoms with Crippen molar-refractivity contribution in [3.63, 3.8) is 0 Å². The molecule has 0 atom stereocenters. The zero-order valence-corrected chi connectivity index (χ0v) is 8.63. The van der Waals surface area contributed by atoms with Crippen molar-refractivity contribution in [2.75, 3.05) is 6.61 Å². The summed E-state index contributed by atoms with van der Waals surface area (Å²) in [5, 5.41) is 18.4. The number of aliphatic hydroxyl groups is 2. The summed E-state index contributed by atoms with van der Waals surface area (Å²) in [5.41, 5.74) is 0.350. The third kappa shape index (κ3) is 2.96. The van der Waals surface area contributed by atoms with E-state index in [1.165, 1.54) is 12.8 Å². The Kier molecular flexibility index (Phi) is 4.20. The third-order valence-corrected chi connectivity index (χ3v) is 3.44. The molecule has 0 spiro atoms. The molecular formula is C11H22O2. The van der Waals surface area contributed by atoms with Crippen LogP contribution in [0.3, 0.4) is 0 Å². The molecule has 1 rings (SSSR count). The summed E-state index contributed by atoms with van der Waals surface area (Å²) in [4.78, 5) is 0. The van der Waals surface area contributed by atoms with E-state index in [4.69, 9.17) is 5.11 Å². The first kappa shape index (κ1) is 11.0. The zero-order chi connectivity index (χ0) is 9.73. The van der Waals surface area contributed by atoms with Crippen LogP contribution >= 0.6 is 0 Å². The molecule has 1 aliphatic carbocycles. The van der Waals surface area contributed by atoms with E-state index in [2.05, 4.69) is 6.92 Å². The third-order valence-electron chi connectivity index (χ3n) is 3.44. The molecule has 0 aromatic rings. The van der Waals surface area contributed by atoms with Crippen molar-refractivity contribution >= 4 is 0 Å². The van der Waals surface area contributed by atoms with Crippen LogP contribution in [0.15, 0.2) is 0 Å². The van der Waals surface area contributed by atoms with Crippen molar-refractivity contribution < 1.29 is 10.2 Å². The maximum Gasteiger partial charge on any atom is 0.0540 e. The van der Waals surface area contributed by atoms with Crippen molar-refractivity contribution in [1.82, 2.24) is 0 Å². The second-order valence-electron chi connectivity index (χ2n) is 4.45. The molecule has 1 aliphatic rings. The summed E-state index contributed by atoms with van der Waals surface area (Å²) in [5.74, 6) is 0. The van der Waals surface area contributed by atoms with Gasteiger partial charge in [0.05, 0.1) is 6.10 Å². The monoisotopic (exact) mass is 186 g/mol. The highest BCUT2D eigenvalue weighted by atomic mass is 16.3. The maximum atomic E-state index is 9.42. The molecule has 2 nitrogen and oxygen atoms in total. The minimum absolute atomic E-state index is 0.0799. The van der Waals surface area contributed by atoms with Gasteiger partial charge in [0.15, 0.2) is 0 Å². The van der Waals surface area contributed by atoms with E-state index in [-0.39, 0.29) is 6.10 Å². The summed E-state index contributed by atoms with van der Waals surface area (Å²) >= 11 is 0. The van der Waals surface area contributed by atoms with Gasteiger partial charge in [0.25, 0.3) is 0 Å². The summed E-state index contributed by atoms with van der Waals surface area (Å²) < 4.78 is 0. The minimum Gasteiger partial charge on any atom is -0.396 e. The molecule has 0 aliphatic heterocycles. The fourth-order valence-electron chi connectivity index (χ4n) is 2.61. The van der Waals surface area contributed by atoms with Gasteiger partial charge in [-0.05, 0) is 43.9 Å². The highest BCUT2D eigenvalue weighted by Gasteiger charge is 2.33. The predicted molar refractivity (Wildman–Crippen MR) is 53.5 cm³/mol. The second kappa shape index (κ2) is 4.97. The van der Waals surface area contributed by atoms with Gasteiger partial charge in [0, 0.05) is 6.61 Å². The van der Waals surface area contributed by atoms with Gasteiger partial charge in [-0.3, -0.25) is 0 Å². The van der Waals surface area contributed by atoms with Gasteiger partial charge >= 0.3 is 0 Å². The molecule has 0 aromatic carbocycles. The maximum absolute atomic E-state index is 9.42. The number of hydrogen-bond acceptors (Lipinski definition) is 2. The lowest BCUT2D eigenvalue weighted by Crippen LogP contribution is -2.30. The van der Waals surface area contributed by atoms with Crippen LogP contribution in [-0.4, -0.2) is 22.9 Å². The number of hydrogen-bond donors (Lipinski definition) is 2. The van der Waals surface area contributed by atoms with Crippen molar-refractivity contribution in [2.45, 2.75) is 58.0 Å². The quantitative estimate of drug-likeness (QED) is 0.705. The van der Waals surface area contributed by atoms with E-state index in [0.29, 0.717) is 12.0 Å². The van der Waals surface area contributed by atoms with Crippen LogP contribution < -0.4 is 0 Å². The zero-order valence-electron chi connectivity index (χ0n) is 8.63. The van der Waals surface area contributed by atoms with Crippen molar-refractivity contribution in [3.8, 4) is 0 Å². The summed E-state index contributed by atoms with van der Waals surface area (Å²) in [6, 6.07) is 0. The average molecular weight is 186 g/mol. The first-order valence-electron chi connectivity index (χ1n) is 5.51. The van der Waals surface area contributed by atoms with Gasteiger partial charge in [-0.25, -0.2) is 0 Å². The van der Waals surface area contributed by atoms with Crippen molar-refractivity contribution in [3.05, 3.63) is 0 Å². The van der Waals surface area contributed by atoms with Gasteiger partial charge < -0.3 is 10.2 Å². The molecule has 0 radical (unpaired) electrons. The number of aliphatic hydroxyl groups excluding tert-OH is 2. The van der Waals surface area contributed by atoms with Crippen LogP contribution in [0.25, 0.3) is 0 Å². The van der Waals surface area contributed by atoms with E-state index in [9.17, 15) is 5.11 Å². The van der Waals surface area contributed by atoms with Crippen molar-refractivity contribution in [2.24, 2.45) is 5.41 Å². The molecule has 0 heterocycles. The molecule has 0 saturated heterocycles. The highest BCUT2D eigenvalue weighted by Crippen LogP contribution is 2.42. The summed E-state index contributed by atoms with van der Waals surface area (Å²) in [6.45, 7) is 2.50. The SMILES string of the molecule is CCCC1(CCO)CCC(O)CC1. The van der Waals surface area contributed by atoms with Crippen molar-refractivity contribution in [1.29, 1.82) is 0 Å². The molecule has 78 valence electrons. The van der Waals surface area contributed by atoms with Crippen LogP contribution in [0.1, 0.15) is 51.9 Å². The fraction of sp³-hybridized carbons (Fsp3) is 1.00. The Labute approximate surface area is 81.0 Å². The summed E-state index contributed by atoms with van der Waals surface area (Å²) in [6.07, 6.45) is 7.30. The lowest BCUT2D eigenvalue weighted by atomic mass is 9.68. The smallest absolute Gasteiger partial charge is 0.0540 e. The predicted octanol–water partition coefficient (Wildman–Crippen LogP) is 2.09. The first-order valence-corrected chi connectivity index (χ1v) is 5.51. The van der Waals surface area contributed by atoms with E-state index < -0.39 is 0 Å². The van der Waals surface area contributed by atoms with Crippen LogP contribution in [-0.2, 0) is 0 Å². The fourth-order valence-corrected chi connectivity index (χ4v) is 2.61. The molecule has 0 unspecified atom stereocenters. The lowest BCUT2D eigenvalue weighted by molar-refractivity contribution is 0.0405. The molecule has 0 aromatic heterocycles. The van der Waals surface area contributed by atoms with E-state index in [0.717, 1.165) is 32.1 Å². The minimum atomic E-state index is -0.0799. The Morgan fingerprint density at radius 2 is 1.85 bits per heavy atom.